The van der Waals surface area contributed by atoms with Crippen molar-refractivity contribution in [1.29, 1.82) is 0 Å². The van der Waals surface area contributed by atoms with Gasteiger partial charge in [0.15, 0.2) is 0 Å². The van der Waals surface area contributed by atoms with E-state index < -0.39 is 0 Å². The normalized spacial score (nSPS) is 17.9. The lowest BCUT2D eigenvalue weighted by Crippen LogP contribution is -2.08. The molecule has 3 aromatic rings. The molecule has 4 rings (SSSR count). The second kappa shape index (κ2) is 6.07. The molecule has 0 saturated carbocycles. The third-order valence-electron chi connectivity index (χ3n) is 4.89. The van der Waals surface area contributed by atoms with Gasteiger partial charge in [-0.3, -0.25) is 0 Å². The zero-order chi connectivity index (χ0) is 17.4. The summed E-state index contributed by atoms with van der Waals surface area (Å²) in [6.45, 7) is 6.80. The number of para-hydroxylation sites is 2. The van der Waals surface area contributed by atoms with Crippen molar-refractivity contribution in [2.45, 2.75) is 33.6 Å². The Balaban J connectivity index is 1.95. The molecule has 1 aliphatic carbocycles. The van der Waals surface area contributed by atoms with Crippen LogP contribution in [0, 0.1) is 5.41 Å². The van der Waals surface area contributed by atoms with Crippen molar-refractivity contribution in [3.63, 3.8) is 0 Å². The van der Waals surface area contributed by atoms with Crippen LogP contribution in [0.4, 0.5) is 0 Å². The monoisotopic (exact) mass is 328 g/mol. The highest BCUT2D eigenvalue weighted by atomic mass is 16.3. The van der Waals surface area contributed by atoms with Gasteiger partial charge in [-0.25, -0.2) is 0 Å². The third-order valence-corrected chi connectivity index (χ3v) is 4.89. The van der Waals surface area contributed by atoms with Crippen LogP contribution in [0.1, 0.15) is 39.2 Å². The van der Waals surface area contributed by atoms with Crippen LogP contribution in [0.25, 0.3) is 27.5 Å². The van der Waals surface area contributed by atoms with Gasteiger partial charge < -0.3 is 4.42 Å². The van der Waals surface area contributed by atoms with Gasteiger partial charge in [0.25, 0.3) is 0 Å². The van der Waals surface area contributed by atoms with Crippen molar-refractivity contribution >= 4 is 27.5 Å². The summed E-state index contributed by atoms with van der Waals surface area (Å²) in [6.07, 6.45) is 11.4. The molecule has 1 heteroatoms. The summed E-state index contributed by atoms with van der Waals surface area (Å²) < 4.78 is 6.24. The quantitative estimate of drug-likeness (QED) is 0.457. The number of allylic oxidation sites excluding steroid dienone is 6. The lowest BCUT2D eigenvalue weighted by Gasteiger charge is -2.22. The maximum absolute atomic E-state index is 6.24. The molecular formula is C24H24O. The van der Waals surface area contributed by atoms with Gasteiger partial charge in [-0.2, -0.15) is 0 Å². The zero-order valence-electron chi connectivity index (χ0n) is 15.2. The molecule has 126 valence electrons. The van der Waals surface area contributed by atoms with E-state index >= 15 is 0 Å². The van der Waals surface area contributed by atoms with Crippen molar-refractivity contribution in [1.82, 2.24) is 0 Å². The third kappa shape index (κ3) is 2.95. The molecule has 0 radical (unpaired) electrons. The average molecular weight is 328 g/mol. The topological polar surface area (TPSA) is 13.1 Å². The van der Waals surface area contributed by atoms with Gasteiger partial charge in [0.2, 0.25) is 0 Å². The van der Waals surface area contributed by atoms with Gasteiger partial charge in [0, 0.05) is 16.3 Å². The van der Waals surface area contributed by atoms with Crippen LogP contribution in [0.3, 0.4) is 0 Å². The van der Waals surface area contributed by atoms with E-state index in [1.165, 1.54) is 27.5 Å². The Labute approximate surface area is 149 Å². The molecule has 1 aliphatic rings. The van der Waals surface area contributed by atoms with Gasteiger partial charge in [-0.05, 0) is 35.5 Å². The van der Waals surface area contributed by atoms with Gasteiger partial charge >= 0.3 is 0 Å². The summed E-state index contributed by atoms with van der Waals surface area (Å²) in [4.78, 5) is 0. The Kier molecular flexibility index (Phi) is 3.88. The highest BCUT2D eigenvalue weighted by Gasteiger charge is 2.18. The second-order valence-corrected chi connectivity index (χ2v) is 7.77. The van der Waals surface area contributed by atoms with Crippen molar-refractivity contribution in [2.75, 3.05) is 0 Å². The summed E-state index contributed by atoms with van der Waals surface area (Å²) in [5.74, 6) is 0. The molecule has 0 aliphatic heterocycles. The predicted octanol–water partition coefficient (Wildman–Crippen LogP) is 7.29. The second-order valence-electron chi connectivity index (χ2n) is 7.77. The number of benzene rings is 2. The lowest BCUT2D eigenvalue weighted by molar-refractivity contribution is 0.517. The molecule has 1 aromatic heterocycles. The van der Waals surface area contributed by atoms with Crippen LogP contribution in [-0.2, 0) is 0 Å². The van der Waals surface area contributed by atoms with Gasteiger partial charge in [0.05, 0.1) is 0 Å². The fourth-order valence-corrected chi connectivity index (χ4v) is 3.45. The van der Waals surface area contributed by atoms with E-state index in [-0.39, 0.29) is 5.41 Å². The highest BCUT2D eigenvalue weighted by Crippen LogP contribution is 2.37. The molecule has 1 nitrogen and oxygen atoms in total. The van der Waals surface area contributed by atoms with Crippen LogP contribution >= 0.6 is 0 Å². The minimum atomic E-state index is 0.120. The van der Waals surface area contributed by atoms with E-state index in [9.17, 15) is 0 Å². The van der Waals surface area contributed by atoms with E-state index in [1.54, 1.807) is 0 Å². The Morgan fingerprint density at radius 3 is 2.52 bits per heavy atom. The number of hydrogen-bond acceptors (Lipinski definition) is 1. The van der Waals surface area contributed by atoms with Gasteiger partial charge in [-0.15, -0.1) is 0 Å². The fraction of sp³-hybridized carbons (Fsp3) is 0.250. The molecular weight excluding hydrogens is 304 g/mol. The fourth-order valence-electron chi connectivity index (χ4n) is 3.45. The Morgan fingerprint density at radius 2 is 1.68 bits per heavy atom. The van der Waals surface area contributed by atoms with Crippen molar-refractivity contribution in [2.24, 2.45) is 5.41 Å². The number of fused-ring (bicyclic) bond motifs is 3. The van der Waals surface area contributed by atoms with Gasteiger partial charge in [0.1, 0.15) is 11.2 Å². The Hall–Kier alpha value is -2.54. The number of rotatable bonds is 1. The standard InChI is InChI=1S/C24H24O/c1-24(2,3)18-11-6-4-5-10-17(16-18)19-13-9-14-21-20-12-7-8-15-22(20)25-23(19)21/h6-16H,4-5H2,1-3H3/b11-6?,17-10+,18-16?. The molecule has 0 bridgehead atoms. The van der Waals surface area contributed by atoms with Crippen molar-refractivity contribution in [3.05, 3.63) is 77.9 Å². The van der Waals surface area contributed by atoms with E-state index in [4.69, 9.17) is 4.42 Å². The van der Waals surface area contributed by atoms with Crippen molar-refractivity contribution in [3.8, 4) is 0 Å². The van der Waals surface area contributed by atoms with Crippen LogP contribution < -0.4 is 0 Å². The van der Waals surface area contributed by atoms with E-state index in [2.05, 4.69) is 75.4 Å². The molecule has 0 N–H and O–H groups in total. The average Bonchev–Trinajstić information content (AvgIpc) is 2.92. The Morgan fingerprint density at radius 1 is 0.880 bits per heavy atom. The van der Waals surface area contributed by atoms with Gasteiger partial charge in [-0.1, -0.05) is 81.5 Å². The zero-order valence-corrected chi connectivity index (χ0v) is 15.2. The summed E-state index contributed by atoms with van der Waals surface area (Å²) in [5, 5.41) is 2.38. The minimum absolute atomic E-state index is 0.120. The SMILES string of the molecule is CC(C)(C)C1=C/C(c2cccc3c2oc2ccccc23)=C\CCC=C1. The number of furan rings is 1. The molecule has 1 heterocycles. The Bertz CT molecular complexity index is 1020. The molecule has 25 heavy (non-hydrogen) atoms. The summed E-state index contributed by atoms with van der Waals surface area (Å²) in [6, 6.07) is 14.8. The van der Waals surface area contributed by atoms with E-state index in [0.29, 0.717) is 0 Å². The predicted molar refractivity (Wildman–Crippen MR) is 108 cm³/mol. The van der Waals surface area contributed by atoms with Crippen LogP contribution in [0.5, 0.6) is 0 Å². The first kappa shape index (κ1) is 16.0. The maximum Gasteiger partial charge on any atom is 0.143 e. The molecule has 0 unspecified atom stereocenters. The van der Waals surface area contributed by atoms with Crippen LogP contribution in [0.15, 0.2) is 76.8 Å². The minimum Gasteiger partial charge on any atom is -0.455 e. The first-order valence-corrected chi connectivity index (χ1v) is 9.03. The first-order valence-electron chi connectivity index (χ1n) is 9.03. The van der Waals surface area contributed by atoms with Crippen LogP contribution in [0.2, 0.25) is 0 Å². The first-order chi connectivity index (χ1) is 12.0. The smallest absolute Gasteiger partial charge is 0.143 e. The molecule has 0 fully saturated rings. The summed E-state index contributed by atoms with van der Waals surface area (Å²) >= 11 is 0. The van der Waals surface area contributed by atoms with Crippen LogP contribution in [-0.4, -0.2) is 0 Å². The lowest BCUT2D eigenvalue weighted by atomic mass is 9.83. The molecule has 0 saturated heterocycles. The molecule has 0 amide bonds. The molecule has 2 aromatic carbocycles. The summed E-state index contributed by atoms with van der Waals surface area (Å²) in [7, 11) is 0. The molecule has 0 spiro atoms. The molecule has 0 atom stereocenters. The number of hydrogen-bond donors (Lipinski definition) is 0. The van der Waals surface area contributed by atoms with Crippen molar-refractivity contribution < 1.29 is 4.42 Å². The largest absolute Gasteiger partial charge is 0.455 e. The maximum atomic E-state index is 6.24. The highest BCUT2D eigenvalue weighted by molar-refractivity contribution is 6.08. The summed E-state index contributed by atoms with van der Waals surface area (Å²) in [5.41, 5.74) is 5.87. The van der Waals surface area contributed by atoms with E-state index in [0.717, 1.165) is 24.0 Å². The van der Waals surface area contributed by atoms with E-state index in [1.807, 2.05) is 12.1 Å².